The molecule has 178 valence electrons. The van der Waals surface area contributed by atoms with Crippen LogP contribution in [0.5, 0.6) is 0 Å². The van der Waals surface area contributed by atoms with E-state index in [2.05, 4.69) is 73.9 Å². The molecule has 8 heteroatoms. The summed E-state index contributed by atoms with van der Waals surface area (Å²) in [5, 5.41) is 16.2. The normalized spacial score (nSPS) is 18.1. The van der Waals surface area contributed by atoms with Gasteiger partial charge >= 0.3 is 0 Å². The van der Waals surface area contributed by atoms with Crippen molar-refractivity contribution in [2.45, 2.75) is 97.7 Å². The van der Waals surface area contributed by atoms with Crippen molar-refractivity contribution in [1.82, 2.24) is 20.3 Å². The molecule has 31 heavy (non-hydrogen) atoms. The van der Waals surface area contributed by atoms with Crippen molar-refractivity contribution in [2.24, 2.45) is 0 Å². The molecule has 0 aliphatic carbocycles. The molecule has 3 N–H and O–H groups in total. The number of aliphatic hydroxyl groups is 1. The van der Waals surface area contributed by atoms with E-state index < -0.39 is 0 Å². The summed E-state index contributed by atoms with van der Waals surface area (Å²) in [7, 11) is 0. The number of hydrogen-bond donors (Lipinski definition) is 3. The van der Waals surface area contributed by atoms with E-state index in [0.717, 1.165) is 57.2 Å². The minimum absolute atomic E-state index is 0.0494. The van der Waals surface area contributed by atoms with Crippen LogP contribution < -0.4 is 20.4 Å². The van der Waals surface area contributed by atoms with Gasteiger partial charge in [0.15, 0.2) is 0 Å². The second-order valence-corrected chi connectivity index (χ2v) is 9.94. The number of rotatable bonds is 12. The van der Waals surface area contributed by atoms with E-state index in [-0.39, 0.29) is 17.7 Å². The fourth-order valence-electron chi connectivity index (χ4n) is 4.75. The Morgan fingerprint density at radius 1 is 0.968 bits per heavy atom. The maximum Gasteiger partial charge on any atom is 0.232 e. The smallest absolute Gasteiger partial charge is 0.232 e. The lowest BCUT2D eigenvalue weighted by Gasteiger charge is -2.49. The van der Waals surface area contributed by atoms with E-state index in [0.29, 0.717) is 25.0 Å². The molecular weight excluding hydrogens is 390 g/mol. The van der Waals surface area contributed by atoms with Gasteiger partial charge in [-0.25, -0.2) is 0 Å². The first-order valence-electron chi connectivity index (χ1n) is 12.1. The van der Waals surface area contributed by atoms with Gasteiger partial charge in [0.05, 0.1) is 0 Å². The van der Waals surface area contributed by atoms with Crippen LogP contribution in [-0.4, -0.2) is 70.0 Å². The molecule has 0 unspecified atom stereocenters. The second-order valence-electron chi connectivity index (χ2n) is 9.94. The van der Waals surface area contributed by atoms with Gasteiger partial charge in [-0.15, -0.1) is 0 Å². The standard InChI is InChI=1S/C23H45N7O/c1-8-11-14-30(18-16-22(4,5)28-23(6,7)17-18)21-26-19(24-13-12-15-31)25-20(27-21)29(9-2)10-3/h18,28,31H,8-17H2,1-7H3,(H,24,25,26,27). The number of anilines is 3. The summed E-state index contributed by atoms with van der Waals surface area (Å²) in [4.78, 5) is 19.1. The third kappa shape index (κ3) is 7.45. The molecule has 0 radical (unpaired) electrons. The van der Waals surface area contributed by atoms with Crippen LogP contribution >= 0.6 is 0 Å². The summed E-state index contributed by atoms with van der Waals surface area (Å²) in [6.07, 6.45) is 4.98. The summed E-state index contributed by atoms with van der Waals surface area (Å²) in [6, 6.07) is 0.357. The molecule has 1 aromatic rings. The van der Waals surface area contributed by atoms with E-state index in [1.807, 2.05) is 0 Å². The Hall–Kier alpha value is -1.67. The van der Waals surface area contributed by atoms with E-state index in [9.17, 15) is 0 Å². The molecule has 0 amide bonds. The van der Waals surface area contributed by atoms with Crippen molar-refractivity contribution >= 4 is 17.8 Å². The zero-order valence-electron chi connectivity index (χ0n) is 20.8. The summed E-state index contributed by atoms with van der Waals surface area (Å²) in [6.45, 7) is 19.0. The monoisotopic (exact) mass is 435 g/mol. The van der Waals surface area contributed by atoms with Crippen molar-refractivity contribution in [3.63, 3.8) is 0 Å². The predicted molar refractivity (Wildman–Crippen MR) is 130 cm³/mol. The van der Waals surface area contributed by atoms with Crippen LogP contribution in [0.2, 0.25) is 0 Å². The number of aliphatic hydroxyl groups excluding tert-OH is 1. The van der Waals surface area contributed by atoms with Crippen molar-refractivity contribution in [1.29, 1.82) is 0 Å². The van der Waals surface area contributed by atoms with E-state index in [1.165, 1.54) is 0 Å². The Labute approximate surface area is 189 Å². The Balaban J connectivity index is 2.45. The number of hydrogen-bond acceptors (Lipinski definition) is 8. The summed E-state index contributed by atoms with van der Waals surface area (Å²) < 4.78 is 0. The van der Waals surface area contributed by atoms with E-state index in [1.54, 1.807) is 0 Å². The molecule has 8 nitrogen and oxygen atoms in total. The van der Waals surface area contributed by atoms with Gasteiger partial charge in [-0.1, -0.05) is 13.3 Å². The van der Waals surface area contributed by atoms with Gasteiger partial charge in [-0.2, -0.15) is 15.0 Å². The predicted octanol–water partition coefficient (Wildman–Crippen LogP) is 3.43. The molecule has 0 aromatic carbocycles. The van der Waals surface area contributed by atoms with Crippen LogP contribution in [0.25, 0.3) is 0 Å². The average molecular weight is 436 g/mol. The molecule has 1 aliphatic heterocycles. The lowest BCUT2D eigenvalue weighted by atomic mass is 9.79. The molecule has 0 bridgehead atoms. The van der Waals surface area contributed by atoms with E-state index >= 15 is 0 Å². The van der Waals surface area contributed by atoms with Crippen LogP contribution in [0.1, 0.15) is 80.6 Å². The first-order valence-corrected chi connectivity index (χ1v) is 12.1. The topological polar surface area (TPSA) is 89.4 Å². The van der Waals surface area contributed by atoms with Gasteiger partial charge in [0, 0.05) is 49.9 Å². The highest BCUT2D eigenvalue weighted by atomic mass is 16.3. The van der Waals surface area contributed by atoms with Crippen molar-refractivity contribution in [3.8, 4) is 0 Å². The SMILES string of the molecule is CCCCN(c1nc(NCCCO)nc(N(CC)CC)n1)C1CC(C)(C)NC(C)(C)C1. The number of unbranched alkanes of at least 4 members (excludes halogenated alkanes) is 1. The Morgan fingerprint density at radius 3 is 2.13 bits per heavy atom. The van der Waals surface area contributed by atoms with Crippen LogP contribution in [0, 0.1) is 0 Å². The minimum Gasteiger partial charge on any atom is -0.396 e. The van der Waals surface area contributed by atoms with E-state index in [4.69, 9.17) is 15.1 Å². The van der Waals surface area contributed by atoms with Gasteiger partial charge in [-0.3, -0.25) is 0 Å². The maximum absolute atomic E-state index is 9.16. The van der Waals surface area contributed by atoms with Crippen LogP contribution in [0.4, 0.5) is 17.8 Å². The number of nitrogens with zero attached hydrogens (tertiary/aromatic N) is 5. The van der Waals surface area contributed by atoms with Crippen LogP contribution in [-0.2, 0) is 0 Å². The molecule has 0 spiro atoms. The fraction of sp³-hybridized carbons (Fsp3) is 0.870. The quantitative estimate of drug-likeness (QED) is 0.430. The third-order valence-corrected chi connectivity index (χ3v) is 5.89. The van der Waals surface area contributed by atoms with Crippen molar-refractivity contribution in [3.05, 3.63) is 0 Å². The van der Waals surface area contributed by atoms with Crippen LogP contribution in [0.15, 0.2) is 0 Å². The number of aromatic nitrogens is 3. The highest BCUT2D eigenvalue weighted by molar-refractivity contribution is 5.46. The summed E-state index contributed by atoms with van der Waals surface area (Å²) in [5.74, 6) is 2.07. The average Bonchev–Trinajstić information content (AvgIpc) is 2.67. The Bertz CT molecular complexity index is 660. The lowest BCUT2D eigenvalue weighted by Crippen LogP contribution is -2.62. The molecule has 2 heterocycles. The number of nitrogens with one attached hydrogen (secondary N) is 2. The highest BCUT2D eigenvalue weighted by Gasteiger charge is 2.40. The first-order chi connectivity index (χ1) is 14.6. The molecule has 1 aliphatic rings. The Kier molecular flexibility index (Phi) is 9.30. The maximum atomic E-state index is 9.16. The van der Waals surface area contributed by atoms with Gasteiger partial charge < -0.3 is 25.5 Å². The molecule has 1 fully saturated rings. The molecule has 1 saturated heterocycles. The van der Waals surface area contributed by atoms with Crippen LogP contribution in [0.3, 0.4) is 0 Å². The zero-order chi connectivity index (χ0) is 23.1. The number of piperidine rings is 1. The largest absolute Gasteiger partial charge is 0.396 e. The van der Waals surface area contributed by atoms with Crippen molar-refractivity contribution in [2.75, 3.05) is 47.9 Å². The Morgan fingerprint density at radius 2 is 1.58 bits per heavy atom. The zero-order valence-corrected chi connectivity index (χ0v) is 20.8. The summed E-state index contributed by atoms with van der Waals surface area (Å²) >= 11 is 0. The minimum atomic E-state index is 0.0494. The molecule has 1 aromatic heterocycles. The van der Waals surface area contributed by atoms with Crippen molar-refractivity contribution < 1.29 is 5.11 Å². The second kappa shape index (κ2) is 11.3. The lowest BCUT2D eigenvalue weighted by molar-refractivity contribution is 0.158. The fourth-order valence-corrected chi connectivity index (χ4v) is 4.75. The molecular formula is C23H45N7O. The first kappa shape index (κ1) is 25.6. The van der Waals surface area contributed by atoms with Gasteiger partial charge in [0.25, 0.3) is 0 Å². The third-order valence-electron chi connectivity index (χ3n) is 5.89. The van der Waals surface area contributed by atoms with Gasteiger partial charge in [0.1, 0.15) is 0 Å². The van der Waals surface area contributed by atoms with Gasteiger partial charge in [-0.05, 0) is 67.2 Å². The molecule has 0 atom stereocenters. The highest BCUT2D eigenvalue weighted by Crippen LogP contribution is 2.33. The summed E-state index contributed by atoms with van der Waals surface area (Å²) in [5.41, 5.74) is 0.0988. The van der Waals surface area contributed by atoms with Gasteiger partial charge in [0.2, 0.25) is 17.8 Å². The molecule has 0 saturated carbocycles. The molecule has 2 rings (SSSR count).